The molecule has 0 aromatic rings. The lowest BCUT2D eigenvalue weighted by molar-refractivity contribution is -0.127. The fourth-order valence-electron chi connectivity index (χ4n) is 4.56. The predicted molar refractivity (Wildman–Crippen MR) is 123 cm³/mol. The number of carbonyl (C=O) groups is 1. The summed E-state index contributed by atoms with van der Waals surface area (Å²) in [7, 11) is 4.20. The summed E-state index contributed by atoms with van der Waals surface area (Å²) < 4.78 is 0. The average molecular weight is 395 g/mol. The second-order valence-electron chi connectivity index (χ2n) is 9.48. The van der Waals surface area contributed by atoms with Gasteiger partial charge in [-0.25, -0.2) is 0 Å². The highest BCUT2D eigenvalue weighted by molar-refractivity contribution is 5.78. The third kappa shape index (κ3) is 13.6. The van der Waals surface area contributed by atoms with Crippen molar-refractivity contribution in [3.8, 4) is 0 Å². The monoisotopic (exact) mass is 394 g/mol. The molecule has 1 saturated heterocycles. The first-order valence-electron chi connectivity index (χ1n) is 12.6. The van der Waals surface area contributed by atoms with Gasteiger partial charge in [-0.1, -0.05) is 103 Å². The quantitative estimate of drug-likeness (QED) is 0.229. The molecular formula is C25H50N2O. The summed E-state index contributed by atoms with van der Waals surface area (Å²) in [6, 6.07) is 0. The van der Waals surface area contributed by atoms with Crippen molar-refractivity contribution in [1.82, 2.24) is 9.80 Å². The van der Waals surface area contributed by atoms with Crippen molar-refractivity contribution in [3.05, 3.63) is 0 Å². The van der Waals surface area contributed by atoms with Crippen molar-refractivity contribution >= 4 is 5.91 Å². The highest BCUT2D eigenvalue weighted by atomic mass is 16.2. The van der Waals surface area contributed by atoms with Crippen LogP contribution in [-0.4, -0.2) is 49.4 Å². The topological polar surface area (TPSA) is 23.6 Å². The zero-order valence-corrected chi connectivity index (χ0v) is 19.5. The van der Waals surface area contributed by atoms with Crippen molar-refractivity contribution in [3.63, 3.8) is 0 Å². The molecule has 1 aliphatic heterocycles. The lowest BCUT2D eigenvalue weighted by atomic mass is 10.0. The summed E-state index contributed by atoms with van der Waals surface area (Å²) in [5, 5.41) is 0. The van der Waals surface area contributed by atoms with E-state index in [-0.39, 0.29) is 0 Å². The Hall–Kier alpha value is -0.570. The van der Waals surface area contributed by atoms with Gasteiger partial charge in [0.15, 0.2) is 0 Å². The van der Waals surface area contributed by atoms with Crippen LogP contribution in [0.25, 0.3) is 0 Å². The molecule has 3 heteroatoms. The zero-order chi connectivity index (χ0) is 20.5. The van der Waals surface area contributed by atoms with Gasteiger partial charge in [-0.15, -0.1) is 0 Å². The molecule has 0 aromatic carbocycles. The summed E-state index contributed by atoms with van der Waals surface area (Å²) in [4.78, 5) is 16.4. The van der Waals surface area contributed by atoms with Crippen LogP contribution in [0, 0.1) is 5.92 Å². The van der Waals surface area contributed by atoms with Crippen molar-refractivity contribution in [2.24, 2.45) is 5.92 Å². The highest BCUT2D eigenvalue weighted by Crippen LogP contribution is 2.19. The van der Waals surface area contributed by atoms with Crippen LogP contribution in [0.15, 0.2) is 0 Å². The molecular weight excluding hydrogens is 344 g/mol. The van der Waals surface area contributed by atoms with Gasteiger partial charge in [0, 0.05) is 26.1 Å². The normalized spacial score (nSPS) is 17.2. The van der Waals surface area contributed by atoms with E-state index in [1.54, 1.807) is 0 Å². The molecule has 166 valence electrons. The smallest absolute Gasteiger partial charge is 0.222 e. The van der Waals surface area contributed by atoms with Crippen LogP contribution >= 0.6 is 0 Å². The number of hydrogen-bond acceptors (Lipinski definition) is 2. The Labute approximate surface area is 176 Å². The van der Waals surface area contributed by atoms with Gasteiger partial charge < -0.3 is 9.80 Å². The SMILES string of the molecule is CCCCCCCCCCCCCCCCCCN1CC(CN(C)C)CC1=O. The molecule has 0 aromatic heterocycles. The lowest BCUT2D eigenvalue weighted by Crippen LogP contribution is -2.28. The van der Waals surface area contributed by atoms with E-state index >= 15 is 0 Å². The molecule has 0 aliphatic carbocycles. The number of hydrogen-bond donors (Lipinski definition) is 0. The molecule has 1 heterocycles. The molecule has 1 amide bonds. The van der Waals surface area contributed by atoms with Crippen LogP contribution in [0.5, 0.6) is 0 Å². The van der Waals surface area contributed by atoms with Crippen LogP contribution in [0.4, 0.5) is 0 Å². The second kappa shape index (κ2) is 17.3. The Kier molecular flexibility index (Phi) is 15.7. The minimum absolute atomic E-state index is 0.382. The van der Waals surface area contributed by atoms with Gasteiger partial charge in [0.1, 0.15) is 0 Å². The standard InChI is InChI=1S/C25H50N2O/c1-4-5-6-7-8-9-10-11-12-13-14-15-16-17-18-19-20-27-23-24(21-25(27)28)22-26(2)3/h24H,4-23H2,1-3H3. The first kappa shape index (κ1) is 25.5. The maximum absolute atomic E-state index is 12.1. The van der Waals surface area contributed by atoms with Crippen LogP contribution < -0.4 is 0 Å². The maximum atomic E-state index is 12.1. The summed E-state index contributed by atoms with van der Waals surface area (Å²) >= 11 is 0. The Morgan fingerprint density at radius 1 is 0.750 bits per heavy atom. The van der Waals surface area contributed by atoms with E-state index < -0.39 is 0 Å². The van der Waals surface area contributed by atoms with Crippen LogP contribution in [0.1, 0.15) is 116 Å². The maximum Gasteiger partial charge on any atom is 0.222 e. The van der Waals surface area contributed by atoms with Crippen LogP contribution in [0.3, 0.4) is 0 Å². The molecule has 1 aliphatic rings. The molecule has 1 unspecified atom stereocenters. The zero-order valence-electron chi connectivity index (χ0n) is 19.5. The minimum Gasteiger partial charge on any atom is -0.342 e. The summed E-state index contributed by atoms with van der Waals surface area (Å²) in [5.41, 5.74) is 0. The number of rotatable bonds is 19. The van der Waals surface area contributed by atoms with Crippen molar-refractivity contribution in [1.29, 1.82) is 0 Å². The first-order valence-corrected chi connectivity index (χ1v) is 12.6. The average Bonchev–Trinajstić information content (AvgIpc) is 2.99. The Balaban J connectivity index is 1.79. The van der Waals surface area contributed by atoms with E-state index in [4.69, 9.17) is 0 Å². The first-order chi connectivity index (χ1) is 13.6. The van der Waals surface area contributed by atoms with E-state index in [0.29, 0.717) is 11.8 Å². The fourth-order valence-corrected chi connectivity index (χ4v) is 4.56. The van der Waals surface area contributed by atoms with Crippen molar-refractivity contribution in [2.45, 2.75) is 116 Å². The van der Waals surface area contributed by atoms with Gasteiger partial charge in [-0.2, -0.15) is 0 Å². The predicted octanol–water partition coefficient (Wildman–Crippen LogP) is 6.66. The van der Waals surface area contributed by atoms with E-state index in [1.165, 1.54) is 103 Å². The van der Waals surface area contributed by atoms with E-state index in [9.17, 15) is 4.79 Å². The highest BCUT2D eigenvalue weighted by Gasteiger charge is 2.28. The molecule has 0 radical (unpaired) electrons. The van der Waals surface area contributed by atoms with Gasteiger partial charge >= 0.3 is 0 Å². The van der Waals surface area contributed by atoms with Gasteiger partial charge in [0.05, 0.1) is 0 Å². The Morgan fingerprint density at radius 2 is 1.18 bits per heavy atom. The summed E-state index contributed by atoms with van der Waals surface area (Å²) in [6.07, 6.45) is 23.2. The lowest BCUT2D eigenvalue weighted by Gasteiger charge is -2.18. The second-order valence-corrected chi connectivity index (χ2v) is 9.48. The molecule has 28 heavy (non-hydrogen) atoms. The van der Waals surface area contributed by atoms with Crippen molar-refractivity contribution in [2.75, 3.05) is 33.7 Å². The minimum atomic E-state index is 0.382. The van der Waals surface area contributed by atoms with Gasteiger partial charge in [0.2, 0.25) is 5.91 Å². The van der Waals surface area contributed by atoms with Crippen LogP contribution in [0.2, 0.25) is 0 Å². The largest absolute Gasteiger partial charge is 0.342 e. The summed E-state index contributed by atoms with van der Waals surface area (Å²) in [6.45, 7) is 5.30. The van der Waals surface area contributed by atoms with Gasteiger partial charge in [-0.05, 0) is 26.4 Å². The number of unbranched alkanes of at least 4 members (excludes halogenated alkanes) is 15. The molecule has 0 spiro atoms. The Morgan fingerprint density at radius 3 is 1.61 bits per heavy atom. The molecule has 0 N–H and O–H groups in total. The van der Waals surface area contributed by atoms with E-state index in [1.807, 2.05) is 0 Å². The number of amides is 1. The van der Waals surface area contributed by atoms with E-state index in [0.717, 1.165) is 26.1 Å². The molecule has 1 fully saturated rings. The van der Waals surface area contributed by atoms with Gasteiger partial charge in [0.25, 0.3) is 0 Å². The number of carbonyl (C=O) groups excluding carboxylic acids is 1. The third-order valence-electron chi connectivity index (χ3n) is 6.20. The van der Waals surface area contributed by atoms with Gasteiger partial charge in [-0.3, -0.25) is 4.79 Å². The van der Waals surface area contributed by atoms with Crippen LogP contribution in [-0.2, 0) is 4.79 Å². The fraction of sp³-hybridized carbons (Fsp3) is 0.960. The molecule has 3 nitrogen and oxygen atoms in total. The third-order valence-corrected chi connectivity index (χ3v) is 6.20. The Bertz CT molecular complexity index is 370. The van der Waals surface area contributed by atoms with Crippen molar-refractivity contribution < 1.29 is 4.79 Å². The molecule has 1 atom stereocenters. The molecule has 0 saturated carbocycles. The number of nitrogens with zero attached hydrogens (tertiary/aromatic N) is 2. The molecule has 1 rings (SSSR count). The van der Waals surface area contributed by atoms with E-state index in [2.05, 4.69) is 30.8 Å². The number of likely N-dealkylation sites (tertiary alicyclic amines) is 1. The summed E-state index contributed by atoms with van der Waals surface area (Å²) in [5.74, 6) is 0.927. The molecule has 0 bridgehead atoms.